The fourth-order valence-corrected chi connectivity index (χ4v) is 0.354. The lowest BCUT2D eigenvalue weighted by molar-refractivity contribution is 0.772. The van der Waals surface area contributed by atoms with Gasteiger partial charge in [0.05, 0.1) is 0 Å². The van der Waals surface area contributed by atoms with Gasteiger partial charge in [0.2, 0.25) is 0 Å². The van der Waals surface area contributed by atoms with Gasteiger partial charge >= 0.3 is 0 Å². The summed E-state index contributed by atoms with van der Waals surface area (Å²) in [6.45, 7) is 12.7. The van der Waals surface area contributed by atoms with Crippen molar-refractivity contribution in [3.8, 4) is 0 Å². The Morgan fingerprint density at radius 3 is 0.900 bits per heavy atom. The van der Waals surface area contributed by atoms with Crippen molar-refractivity contribution >= 4 is 0 Å². The Hall–Kier alpha value is 0. The third kappa shape index (κ3) is 98.0. The van der Waals surface area contributed by atoms with Crippen molar-refractivity contribution < 1.29 is 0 Å². The zero-order valence-corrected chi connectivity index (χ0v) is 8.83. The molecule has 0 saturated carbocycles. The minimum Gasteiger partial charge on any atom is -0.0683 e. The van der Waals surface area contributed by atoms with Crippen molar-refractivity contribution in [1.82, 2.24) is 0 Å². The van der Waals surface area contributed by atoms with Crippen molar-refractivity contribution in [2.24, 2.45) is 0 Å². The van der Waals surface area contributed by atoms with Gasteiger partial charge in [0.1, 0.15) is 0 Å². The van der Waals surface area contributed by atoms with Crippen molar-refractivity contribution in [3.05, 3.63) is 0 Å². The Morgan fingerprint density at radius 1 is 0.700 bits per heavy atom. The maximum atomic E-state index is 2.21. The predicted molar refractivity (Wildman–Crippen MR) is 52.5 cm³/mol. The van der Waals surface area contributed by atoms with E-state index in [1.807, 2.05) is 13.8 Å². The lowest BCUT2D eigenvalue weighted by atomic mass is 10.3. The van der Waals surface area contributed by atoms with Gasteiger partial charge in [0.25, 0.3) is 0 Å². The van der Waals surface area contributed by atoms with Gasteiger partial charge in [-0.15, -0.1) is 0 Å². The van der Waals surface area contributed by atoms with Crippen LogP contribution in [-0.2, 0) is 0 Å². The van der Waals surface area contributed by atoms with Gasteiger partial charge in [-0.25, -0.2) is 0 Å². The average molecular weight is 146 g/mol. The van der Waals surface area contributed by atoms with Gasteiger partial charge in [-0.3, -0.25) is 0 Å². The Kier molecular flexibility index (Phi) is 59.5. The largest absolute Gasteiger partial charge is 0.0683 e. The fraction of sp³-hybridized carbons (Fsp3) is 1.00. The number of rotatable bonds is 2. The van der Waals surface area contributed by atoms with Gasteiger partial charge in [0.15, 0.2) is 0 Å². The first-order chi connectivity index (χ1) is 4.83. The normalized spacial score (nSPS) is 6.60. The fourth-order valence-electron chi connectivity index (χ4n) is 0.354. The second-order valence-corrected chi connectivity index (χ2v) is 2.06. The molecule has 0 amide bonds. The monoisotopic (exact) mass is 146 g/mol. The standard InChI is InChI=1S/C5H12.C3H8.C2H6/c1-3-5-4-2;1-3-2;1-2/h3-5H2,1-2H3;3H2,1-2H3;1-2H3. The predicted octanol–water partition coefficient (Wildman–Crippen LogP) is 4.64. The van der Waals surface area contributed by atoms with Crippen LogP contribution in [0.4, 0.5) is 0 Å². The van der Waals surface area contributed by atoms with E-state index in [0.29, 0.717) is 0 Å². The summed E-state index contributed by atoms with van der Waals surface area (Å²) >= 11 is 0. The molecule has 10 heavy (non-hydrogen) atoms. The van der Waals surface area contributed by atoms with Crippen LogP contribution in [0.1, 0.15) is 67.2 Å². The SMILES string of the molecule is CC.CCC.CCCCC. The molecule has 0 saturated heterocycles. The second kappa shape index (κ2) is 36.0. The first kappa shape index (κ1) is 16.5. The van der Waals surface area contributed by atoms with Crippen LogP contribution in [0.2, 0.25) is 0 Å². The third-order valence-corrected chi connectivity index (χ3v) is 0.707. The molecule has 0 aromatic carbocycles. The van der Waals surface area contributed by atoms with Gasteiger partial charge in [0, 0.05) is 0 Å². The summed E-state index contributed by atoms with van der Waals surface area (Å²) in [5.74, 6) is 0. The Morgan fingerprint density at radius 2 is 0.900 bits per heavy atom. The maximum Gasteiger partial charge on any atom is -0.0538 e. The zero-order valence-electron chi connectivity index (χ0n) is 8.83. The smallest absolute Gasteiger partial charge is 0.0538 e. The van der Waals surface area contributed by atoms with Gasteiger partial charge < -0.3 is 0 Å². The highest BCUT2D eigenvalue weighted by molar-refractivity contribution is 4.24. The van der Waals surface area contributed by atoms with E-state index in [0.717, 1.165) is 0 Å². The summed E-state index contributed by atoms with van der Waals surface area (Å²) in [6, 6.07) is 0. The van der Waals surface area contributed by atoms with E-state index in [9.17, 15) is 0 Å². The first-order valence-corrected chi connectivity index (χ1v) is 4.83. The Labute approximate surface area is 68.0 Å². The van der Waals surface area contributed by atoms with E-state index in [4.69, 9.17) is 0 Å². The molecule has 0 aliphatic heterocycles. The van der Waals surface area contributed by atoms with Crippen LogP contribution in [0, 0.1) is 0 Å². The minimum atomic E-state index is 1.25. The molecular formula is C10H26. The molecule has 0 bridgehead atoms. The highest BCUT2D eigenvalue weighted by Crippen LogP contribution is 1.88. The maximum absolute atomic E-state index is 2.21. The molecule has 0 rings (SSSR count). The van der Waals surface area contributed by atoms with E-state index in [2.05, 4.69) is 27.7 Å². The molecule has 0 heterocycles. The zero-order chi connectivity index (χ0) is 8.83. The summed E-state index contributed by atoms with van der Waals surface area (Å²) < 4.78 is 0. The number of hydrogen-bond acceptors (Lipinski definition) is 0. The molecule has 0 N–H and O–H groups in total. The Balaban J connectivity index is -0.0000000847. The van der Waals surface area contributed by atoms with Crippen LogP contribution < -0.4 is 0 Å². The molecule has 0 spiro atoms. The highest BCUT2D eigenvalue weighted by Gasteiger charge is 1.68. The molecule has 0 aromatic heterocycles. The molecule has 66 valence electrons. The van der Waals surface area contributed by atoms with Crippen LogP contribution in [0.25, 0.3) is 0 Å². The van der Waals surface area contributed by atoms with Crippen LogP contribution in [-0.4, -0.2) is 0 Å². The summed E-state index contributed by atoms with van der Waals surface area (Å²) in [5, 5.41) is 0. The van der Waals surface area contributed by atoms with Crippen LogP contribution in [0.5, 0.6) is 0 Å². The van der Waals surface area contributed by atoms with E-state index in [1.54, 1.807) is 0 Å². The van der Waals surface area contributed by atoms with Gasteiger partial charge in [-0.05, 0) is 0 Å². The van der Waals surface area contributed by atoms with Crippen molar-refractivity contribution in [3.63, 3.8) is 0 Å². The summed E-state index contributed by atoms with van der Waals surface area (Å²) in [5.41, 5.74) is 0. The topological polar surface area (TPSA) is 0 Å². The van der Waals surface area contributed by atoms with Crippen molar-refractivity contribution in [2.75, 3.05) is 0 Å². The molecule has 0 aliphatic carbocycles. The second-order valence-electron chi connectivity index (χ2n) is 2.06. The summed E-state index contributed by atoms with van der Waals surface area (Å²) in [4.78, 5) is 0. The molecule has 0 atom stereocenters. The lowest BCUT2D eigenvalue weighted by Gasteiger charge is -1.79. The Bertz CT molecular complexity index is 14.0. The quantitative estimate of drug-likeness (QED) is 0.532. The first-order valence-electron chi connectivity index (χ1n) is 4.83. The van der Waals surface area contributed by atoms with Crippen LogP contribution in [0.3, 0.4) is 0 Å². The highest BCUT2D eigenvalue weighted by atomic mass is 13.7. The van der Waals surface area contributed by atoms with Crippen molar-refractivity contribution in [1.29, 1.82) is 0 Å². The average Bonchev–Trinajstić information content (AvgIpc) is 1.96. The van der Waals surface area contributed by atoms with Crippen LogP contribution in [0.15, 0.2) is 0 Å². The number of unbranched alkanes of at least 4 members (excludes halogenated alkanes) is 2. The van der Waals surface area contributed by atoms with Gasteiger partial charge in [-0.1, -0.05) is 67.2 Å². The molecule has 0 aliphatic rings. The molecule has 0 unspecified atom stereocenters. The van der Waals surface area contributed by atoms with Crippen molar-refractivity contribution in [2.45, 2.75) is 67.2 Å². The third-order valence-electron chi connectivity index (χ3n) is 0.707. The summed E-state index contributed by atoms with van der Waals surface area (Å²) in [7, 11) is 0. The summed E-state index contributed by atoms with van der Waals surface area (Å²) in [6.07, 6.45) is 5.33. The van der Waals surface area contributed by atoms with Crippen LogP contribution >= 0.6 is 0 Å². The number of hydrogen-bond donors (Lipinski definition) is 0. The molecule has 0 fully saturated rings. The van der Waals surface area contributed by atoms with E-state index in [1.165, 1.54) is 25.7 Å². The minimum absolute atomic E-state index is 1.25. The molecule has 0 nitrogen and oxygen atoms in total. The lowest BCUT2D eigenvalue weighted by Crippen LogP contribution is -1.59. The molecular weight excluding hydrogens is 120 g/mol. The van der Waals surface area contributed by atoms with E-state index < -0.39 is 0 Å². The van der Waals surface area contributed by atoms with E-state index >= 15 is 0 Å². The molecule has 0 heteroatoms. The van der Waals surface area contributed by atoms with E-state index in [-0.39, 0.29) is 0 Å². The molecule has 0 aromatic rings. The molecule has 0 radical (unpaired) electrons. The van der Waals surface area contributed by atoms with Gasteiger partial charge in [-0.2, -0.15) is 0 Å².